The Morgan fingerprint density at radius 2 is 2.27 bits per heavy atom. The van der Waals surface area contributed by atoms with E-state index in [0.29, 0.717) is 30.2 Å². The van der Waals surface area contributed by atoms with Gasteiger partial charge in [-0.1, -0.05) is 11.6 Å². The second-order valence-corrected chi connectivity index (χ2v) is 5.59. The first kappa shape index (κ1) is 14.6. The van der Waals surface area contributed by atoms with E-state index in [9.17, 15) is 9.59 Å². The molecule has 0 unspecified atom stereocenters. The predicted octanol–water partition coefficient (Wildman–Crippen LogP) is 1.64. The molecule has 2 heterocycles. The van der Waals surface area contributed by atoms with E-state index < -0.39 is 0 Å². The van der Waals surface area contributed by atoms with Crippen molar-refractivity contribution in [3.8, 4) is 0 Å². The van der Waals surface area contributed by atoms with Gasteiger partial charge in [-0.05, 0) is 12.1 Å². The van der Waals surface area contributed by atoms with Crippen molar-refractivity contribution in [2.45, 2.75) is 0 Å². The second kappa shape index (κ2) is 5.84. The maximum absolute atomic E-state index is 12.2. The molecule has 1 fully saturated rings. The molecule has 1 saturated heterocycles. The number of carbonyl (C=O) groups is 2. The molecule has 116 valence electrons. The Morgan fingerprint density at radius 3 is 3.00 bits per heavy atom. The molecule has 0 spiro atoms. The van der Waals surface area contributed by atoms with Crippen LogP contribution >= 0.6 is 11.6 Å². The van der Waals surface area contributed by atoms with E-state index >= 15 is 0 Å². The van der Waals surface area contributed by atoms with Crippen LogP contribution < -0.4 is 5.32 Å². The molecule has 0 bridgehead atoms. The van der Waals surface area contributed by atoms with Crippen LogP contribution in [0.1, 0.15) is 10.4 Å². The lowest BCUT2D eigenvalue weighted by molar-refractivity contribution is 0.0656. The smallest absolute Gasteiger partial charge is 0.409 e. The number of aromatic nitrogens is 2. The van der Waals surface area contributed by atoms with Gasteiger partial charge >= 0.3 is 6.09 Å². The van der Waals surface area contributed by atoms with E-state index in [4.69, 9.17) is 11.6 Å². The van der Waals surface area contributed by atoms with E-state index in [0.717, 1.165) is 10.9 Å². The fourth-order valence-electron chi connectivity index (χ4n) is 2.47. The van der Waals surface area contributed by atoms with E-state index in [-0.39, 0.29) is 17.9 Å². The summed E-state index contributed by atoms with van der Waals surface area (Å²) in [6, 6.07) is 3.44. The largest absolute Gasteiger partial charge is 0.453 e. The minimum Gasteiger partial charge on any atom is -0.453 e. The molecular formula is C14H15ClN4O3. The molecule has 22 heavy (non-hydrogen) atoms. The van der Waals surface area contributed by atoms with Crippen LogP contribution in [0.2, 0.25) is 5.02 Å². The molecule has 0 atom stereocenters. The maximum atomic E-state index is 12.2. The zero-order valence-electron chi connectivity index (χ0n) is 11.9. The monoisotopic (exact) mass is 322 g/mol. The summed E-state index contributed by atoms with van der Waals surface area (Å²) >= 11 is 6.23. The van der Waals surface area contributed by atoms with Crippen LogP contribution in [0.4, 0.5) is 4.79 Å². The predicted molar refractivity (Wildman–Crippen MR) is 80.9 cm³/mol. The number of rotatable bonds is 3. The third-order valence-electron chi connectivity index (χ3n) is 3.74. The second-order valence-electron chi connectivity index (χ2n) is 5.21. The van der Waals surface area contributed by atoms with Gasteiger partial charge in [-0.2, -0.15) is 5.10 Å². The van der Waals surface area contributed by atoms with Gasteiger partial charge in [0.15, 0.2) is 0 Å². The molecule has 2 amide bonds. The van der Waals surface area contributed by atoms with Gasteiger partial charge in [0, 0.05) is 30.9 Å². The van der Waals surface area contributed by atoms with Crippen molar-refractivity contribution in [3.63, 3.8) is 0 Å². The number of hydrogen-bond acceptors (Lipinski definition) is 4. The van der Waals surface area contributed by atoms with Crippen molar-refractivity contribution in [1.29, 1.82) is 0 Å². The number of hydrogen-bond donors (Lipinski definition) is 2. The topological polar surface area (TPSA) is 87.3 Å². The maximum Gasteiger partial charge on any atom is 0.409 e. The Labute approximate surface area is 131 Å². The van der Waals surface area contributed by atoms with Gasteiger partial charge in [-0.3, -0.25) is 9.89 Å². The first-order valence-electron chi connectivity index (χ1n) is 6.83. The van der Waals surface area contributed by atoms with Crippen molar-refractivity contribution in [1.82, 2.24) is 20.4 Å². The molecular weight excluding hydrogens is 308 g/mol. The minimum absolute atomic E-state index is 0.232. The van der Waals surface area contributed by atoms with Crippen LogP contribution in [-0.4, -0.2) is 53.8 Å². The molecule has 0 aliphatic carbocycles. The van der Waals surface area contributed by atoms with Crippen molar-refractivity contribution < 1.29 is 14.3 Å². The van der Waals surface area contributed by atoms with Crippen LogP contribution in [0, 0.1) is 5.92 Å². The molecule has 3 rings (SSSR count). The number of nitrogens with zero attached hydrogens (tertiary/aromatic N) is 2. The van der Waals surface area contributed by atoms with Crippen LogP contribution in [0.5, 0.6) is 0 Å². The van der Waals surface area contributed by atoms with Crippen molar-refractivity contribution in [2.24, 2.45) is 5.92 Å². The van der Waals surface area contributed by atoms with E-state index in [1.807, 2.05) is 0 Å². The SMILES string of the molecule is COC(=O)N1CC(CNC(=O)c2ccc3[nH]ncc3c2Cl)C1. The molecule has 1 aliphatic heterocycles. The number of fused-ring (bicyclic) bond motifs is 1. The number of H-pyrrole nitrogens is 1. The van der Waals surface area contributed by atoms with Crippen LogP contribution in [0.3, 0.4) is 0 Å². The molecule has 2 N–H and O–H groups in total. The zero-order valence-corrected chi connectivity index (χ0v) is 12.7. The first-order chi connectivity index (χ1) is 10.6. The number of ether oxygens (including phenoxy) is 1. The summed E-state index contributed by atoms with van der Waals surface area (Å²) < 4.78 is 4.62. The fraction of sp³-hybridized carbons (Fsp3) is 0.357. The quantitative estimate of drug-likeness (QED) is 0.899. The van der Waals surface area contributed by atoms with Crippen molar-refractivity contribution in [3.05, 3.63) is 28.9 Å². The van der Waals surface area contributed by atoms with E-state index in [1.54, 1.807) is 23.2 Å². The van der Waals surface area contributed by atoms with E-state index in [1.165, 1.54) is 7.11 Å². The summed E-state index contributed by atoms with van der Waals surface area (Å²) in [6.45, 7) is 1.66. The Kier molecular flexibility index (Phi) is 3.89. The van der Waals surface area contributed by atoms with Gasteiger partial charge in [0.1, 0.15) is 0 Å². The molecule has 2 aromatic rings. The lowest BCUT2D eigenvalue weighted by Crippen LogP contribution is -2.53. The molecule has 0 saturated carbocycles. The number of amides is 2. The highest BCUT2D eigenvalue weighted by Gasteiger charge is 2.31. The third kappa shape index (κ3) is 2.59. The molecule has 8 heteroatoms. The minimum atomic E-state index is -0.337. The van der Waals surface area contributed by atoms with Gasteiger partial charge in [0.25, 0.3) is 5.91 Å². The first-order valence-corrected chi connectivity index (χ1v) is 7.20. The Morgan fingerprint density at radius 1 is 1.50 bits per heavy atom. The average molecular weight is 323 g/mol. The number of halogens is 1. The standard InChI is InChI=1S/C14H15ClN4O3/c1-22-14(21)19-6-8(7-19)4-16-13(20)9-2-3-11-10(12(9)15)5-17-18-11/h2-3,5,8H,4,6-7H2,1H3,(H,16,20)(H,17,18). The van der Waals surface area contributed by atoms with Crippen LogP contribution in [0.15, 0.2) is 18.3 Å². The summed E-state index contributed by atoms with van der Waals surface area (Å²) in [4.78, 5) is 25.0. The molecule has 1 aromatic carbocycles. The number of likely N-dealkylation sites (tertiary alicyclic amines) is 1. The molecule has 1 aromatic heterocycles. The highest BCUT2D eigenvalue weighted by atomic mass is 35.5. The van der Waals surface area contributed by atoms with Gasteiger partial charge in [0.2, 0.25) is 0 Å². The molecule has 1 aliphatic rings. The van der Waals surface area contributed by atoms with Crippen molar-refractivity contribution in [2.75, 3.05) is 26.7 Å². The lowest BCUT2D eigenvalue weighted by atomic mass is 10.0. The van der Waals surface area contributed by atoms with Crippen LogP contribution in [-0.2, 0) is 4.74 Å². The summed E-state index contributed by atoms with van der Waals surface area (Å²) in [7, 11) is 1.35. The van der Waals surface area contributed by atoms with Gasteiger partial charge < -0.3 is 15.0 Å². The number of nitrogens with one attached hydrogen (secondary N) is 2. The Bertz CT molecular complexity index is 724. The Hall–Kier alpha value is -2.28. The number of methoxy groups -OCH3 is 1. The number of benzene rings is 1. The summed E-state index contributed by atoms with van der Waals surface area (Å²) in [5.74, 6) is 0.00380. The summed E-state index contributed by atoms with van der Waals surface area (Å²) in [5.41, 5.74) is 1.20. The zero-order chi connectivity index (χ0) is 15.7. The number of carbonyl (C=O) groups excluding carboxylic acids is 2. The average Bonchev–Trinajstić information content (AvgIpc) is 2.94. The van der Waals surface area contributed by atoms with Gasteiger partial charge in [0.05, 0.1) is 29.4 Å². The highest BCUT2D eigenvalue weighted by molar-refractivity contribution is 6.38. The normalized spacial score (nSPS) is 14.7. The van der Waals surface area contributed by atoms with Crippen LogP contribution in [0.25, 0.3) is 10.9 Å². The highest BCUT2D eigenvalue weighted by Crippen LogP contribution is 2.26. The molecule has 7 nitrogen and oxygen atoms in total. The molecule has 0 radical (unpaired) electrons. The third-order valence-corrected chi connectivity index (χ3v) is 4.15. The van der Waals surface area contributed by atoms with Gasteiger partial charge in [-0.15, -0.1) is 0 Å². The van der Waals surface area contributed by atoms with E-state index in [2.05, 4.69) is 20.3 Å². The Balaban J connectivity index is 1.58. The van der Waals surface area contributed by atoms with Gasteiger partial charge in [-0.25, -0.2) is 4.79 Å². The van der Waals surface area contributed by atoms with Crippen molar-refractivity contribution >= 4 is 34.5 Å². The lowest BCUT2D eigenvalue weighted by Gasteiger charge is -2.37. The summed E-state index contributed by atoms with van der Waals surface area (Å²) in [5, 5.41) is 10.6. The summed E-state index contributed by atoms with van der Waals surface area (Å²) in [6.07, 6.45) is 1.25. The number of aromatic amines is 1. The fourth-order valence-corrected chi connectivity index (χ4v) is 2.77.